The number of hydrogen-bond donors (Lipinski definition) is 0. The number of hydrogen-bond acceptors (Lipinski definition) is 1. The number of Topliss-reactive ketones (excluding diaryl/α,β-unsaturated/α-hetero) is 1. The first-order chi connectivity index (χ1) is 19.0. The van der Waals surface area contributed by atoms with Crippen LogP contribution in [0.25, 0.3) is 0 Å². The zero-order chi connectivity index (χ0) is 31.7. The Morgan fingerprint density at radius 3 is 1.85 bits per heavy atom. The van der Waals surface area contributed by atoms with Gasteiger partial charge in [-0.3, -0.25) is 4.79 Å². The topological polar surface area (TPSA) is 17.1 Å². The van der Waals surface area contributed by atoms with Crippen molar-refractivity contribution in [1.29, 1.82) is 0 Å². The van der Waals surface area contributed by atoms with Gasteiger partial charge in [-0.05, 0) is 93.8 Å². The number of rotatable bonds is 8. The summed E-state index contributed by atoms with van der Waals surface area (Å²) < 4.78 is 12.6. The van der Waals surface area contributed by atoms with Crippen LogP contribution in [0.3, 0.4) is 0 Å². The second-order valence-corrected chi connectivity index (χ2v) is 10.3. The van der Waals surface area contributed by atoms with E-state index >= 15 is 0 Å². The fourth-order valence-corrected chi connectivity index (χ4v) is 3.54. The maximum absolute atomic E-state index is 12.6. The van der Waals surface area contributed by atoms with Crippen LogP contribution in [-0.4, -0.2) is 5.78 Å². The van der Waals surface area contributed by atoms with Crippen molar-refractivity contribution in [3.05, 3.63) is 70.0 Å². The standard InChI is InChI=1S/C19H26O.C8H9F.C7H16.2C2H6/c1-6-9-17-14-16(10-11-18(17)15(4)20)12-13-19(5,7-2)8-3;1-6-3-4-7(2)8(9)5-6;1-4-6-7(3)5-2;2*1-2/h10-11,14H,6-9H2,1-5H3;3-5H,1-2H3;7H,4-6H2,1-3H3;2*1-2H3. The molecule has 0 spiro atoms. The molecule has 2 rings (SSSR count). The zero-order valence-corrected chi connectivity index (χ0v) is 28.8. The summed E-state index contributed by atoms with van der Waals surface area (Å²) in [5.74, 6) is 7.66. The van der Waals surface area contributed by atoms with E-state index in [0.29, 0.717) is 5.56 Å². The van der Waals surface area contributed by atoms with Gasteiger partial charge >= 0.3 is 0 Å². The van der Waals surface area contributed by atoms with E-state index < -0.39 is 0 Å². The summed E-state index contributed by atoms with van der Waals surface area (Å²) in [5, 5.41) is 0. The van der Waals surface area contributed by atoms with Gasteiger partial charge < -0.3 is 0 Å². The van der Waals surface area contributed by atoms with E-state index in [0.717, 1.165) is 53.9 Å². The highest BCUT2D eigenvalue weighted by Crippen LogP contribution is 2.24. The summed E-state index contributed by atoms with van der Waals surface area (Å²) in [7, 11) is 0. The maximum atomic E-state index is 12.6. The molecule has 0 aliphatic heterocycles. The van der Waals surface area contributed by atoms with Gasteiger partial charge in [0.1, 0.15) is 5.82 Å². The third-order valence-electron chi connectivity index (χ3n) is 6.88. The molecule has 0 fully saturated rings. The van der Waals surface area contributed by atoms with Crippen molar-refractivity contribution in [1.82, 2.24) is 0 Å². The van der Waals surface area contributed by atoms with Gasteiger partial charge in [0.25, 0.3) is 0 Å². The van der Waals surface area contributed by atoms with Crippen molar-refractivity contribution in [2.45, 2.75) is 142 Å². The van der Waals surface area contributed by atoms with E-state index in [1.807, 2.05) is 52.8 Å². The van der Waals surface area contributed by atoms with Gasteiger partial charge in [0.15, 0.2) is 5.78 Å². The molecule has 0 bridgehead atoms. The van der Waals surface area contributed by atoms with Crippen molar-refractivity contribution in [2.24, 2.45) is 11.3 Å². The Labute approximate surface area is 249 Å². The molecule has 0 saturated heterocycles. The Balaban J connectivity index is -0.000000564. The lowest BCUT2D eigenvalue weighted by Crippen LogP contribution is -2.10. The third kappa shape index (κ3) is 18.8. The van der Waals surface area contributed by atoms with E-state index in [4.69, 9.17) is 0 Å². The number of carbonyl (C=O) groups excluding carboxylic acids is 1. The molecule has 0 amide bonds. The highest BCUT2D eigenvalue weighted by Gasteiger charge is 2.15. The van der Waals surface area contributed by atoms with E-state index in [1.54, 1.807) is 19.9 Å². The van der Waals surface area contributed by atoms with Gasteiger partial charge in [-0.25, -0.2) is 4.39 Å². The molecule has 1 atom stereocenters. The Bertz CT molecular complexity index is 973. The molecule has 0 heterocycles. The Hall–Kier alpha value is -2.40. The molecule has 40 heavy (non-hydrogen) atoms. The number of halogens is 1. The summed E-state index contributed by atoms with van der Waals surface area (Å²) >= 11 is 0. The number of aryl methyl sites for hydroxylation is 3. The number of ketones is 1. The minimum absolute atomic E-state index is 0.0875. The first-order valence-corrected chi connectivity index (χ1v) is 15.9. The molecule has 1 unspecified atom stereocenters. The smallest absolute Gasteiger partial charge is 0.160 e. The summed E-state index contributed by atoms with van der Waals surface area (Å²) in [4.78, 5) is 11.6. The molecule has 0 aliphatic rings. The highest BCUT2D eigenvalue weighted by atomic mass is 19.1. The van der Waals surface area contributed by atoms with Crippen molar-refractivity contribution in [2.75, 3.05) is 0 Å². The van der Waals surface area contributed by atoms with Crippen molar-refractivity contribution < 1.29 is 9.18 Å². The summed E-state index contributed by atoms with van der Waals surface area (Å²) in [6, 6.07) is 11.2. The Morgan fingerprint density at radius 1 is 0.900 bits per heavy atom. The molecule has 2 aromatic rings. The molecular weight excluding hydrogens is 491 g/mol. The second-order valence-electron chi connectivity index (χ2n) is 10.3. The normalized spacial score (nSPS) is 10.4. The SMILES string of the molecule is CC.CC.CCCC(C)CC.CCCc1cc(C#CC(C)(CC)CC)ccc1C(C)=O.Cc1ccc(C)c(F)c1. The van der Waals surface area contributed by atoms with Gasteiger partial charge in [0.05, 0.1) is 0 Å². The quantitative estimate of drug-likeness (QED) is 0.234. The first kappa shape index (κ1) is 42.1. The van der Waals surface area contributed by atoms with Crippen molar-refractivity contribution >= 4 is 5.78 Å². The minimum Gasteiger partial charge on any atom is -0.295 e. The predicted molar refractivity (Wildman–Crippen MR) is 179 cm³/mol. The lowest BCUT2D eigenvalue weighted by Gasteiger charge is -2.18. The molecule has 2 aromatic carbocycles. The van der Waals surface area contributed by atoms with Gasteiger partial charge in [0, 0.05) is 16.5 Å². The van der Waals surface area contributed by atoms with Crippen LogP contribution < -0.4 is 0 Å². The molecular formula is C38H63FO. The van der Waals surface area contributed by atoms with Crippen molar-refractivity contribution in [3.8, 4) is 11.8 Å². The average molecular weight is 555 g/mol. The summed E-state index contributed by atoms with van der Waals surface area (Å²) in [5.41, 5.74) is 4.75. The van der Waals surface area contributed by atoms with Crippen LogP contribution in [0.15, 0.2) is 36.4 Å². The zero-order valence-electron chi connectivity index (χ0n) is 28.8. The fraction of sp³-hybridized carbons (Fsp3) is 0.605. The summed E-state index contributed by atoms with van der Waals surface area (Å²) in [6.45, 7) is 28.8. The average Bonchev–Trinajstić information content (AvgIpc) is 2.97. The van der Waals surface area contributed by atoms with Crippen LogP contribution in [0.4, 0.5) is 4.39 Å². The molecule has 2 heteroatoms. The predicted octanol–water partition coefficient (Wildman–Crippen LogP) is 12.3. The van der Waals surface area contributed by atoms with Crippen molar-refractivity contribution in [3.63, 3.8) is 0 Å². The third-order valence-corrected chi connectivity index (χ3v) is 6.88. The van der Waals surface area contributed by atoms with E-state index in [2.05, 4.69) is 66.4 Å². The molecule has 0 radical (unpaired) electrons. The van der Waals surface area contributed by atoms with Gasteiger partial charge in [-0.1, -0.05) is 119 Å². The van der Waals surface area contributed by atoms with Gasteiger partial charge in [0.2, 0.25) is 0 Å². The van der Waals surface area contributed by atoms with E-state index in [-0.39, 0.29) is 17.0 Å². The van der Waals surface area contributed by atoms with Crippen LogP contribution in [-0.2, 0) is 6.42 Å². The molecule has 0 saturated carbocycles. The van der Waals surface area contributed by atoms with Gasteiger partial charge in [-0.2, -0.15) is 0 Å². The van der Waals surface area contributed by atoms with Crippen LogP contribution in [0, 0.1) is 42.8 Å². The first-order valence-electron chi connectivity index (χ1n) is 15.9. The number of carbonyl (C=O) groups is 1. The lowest BCUT2D eigenvalue weighted by atomic mass is 9.85. The summed E-state index contributed by atoms with van der Waals surface area (Å²) in [6.07, 6.45) is 8.18. The maximum Gasteiger partial charge on any atom is 0.160 e. The lowest BCUT2D eigenvalue weighted by molar-refractivity contribution is 0.101. The molecule has 0 aliphatic carbocycles. The number of benzene rings is 2. The highest BCUT2D eigenvalue weighted by molar-refractivity contribution is 5.95. The van der Waals surface area contributed by atoms with Crippen LogP contribution >= 0.6 is 0 Å². The van der Waals surface area contributed by atoms with Gasteiger partial charge in [-0.15, -0.1) is 0 Å². The second kappa shape index (κ2) is 25.6. The largest absolute Gasteiger partial charge is 0.295 e. The fourth-order valence-electron chi connectivity index (χ4n) is 3.54. The van der Waals surface area contributed by atoms with Crippen LogP contribution in [0.1, 0.15) is 154 Å². The van der Waals surface area contributed by atoms with E-state index in [1.165, 1.54) is 25.3 Å². The molecule has 228 valence electrons. The van der Waals surface area contributed by atoms with E-state index in [9.17, 15) is 9.18 Å². The Kier molecular flexibility index (Phi) is 26.9. The monoisotopic (exact) mass is 554 g/mol. The molecule has 1 nitrogen and oxygen atoms in total. The Morgan fingerprint density at radius 2 is 1.48 bits per heavy atom. The molecule has 0 N–H and O–H groups in total. The molecule has 0 aromatic heterocycles. The minimum atomic E-state index is -0.116. The van der Waals surface area contributed by atoms with Crippen LogP contribution in [0.5, 0.6) is 0 Å². The van der Waals surface area contributed by atoms with Crippen LogP contribution in [0.2, 0.25) is 0 Å².